The number of rotatable bonds is 6. The van der Waals surface area contributed by atoms with Gasteiger partial charge in [-0.15, -0.1) is 0 Å². The summed E-state index contributed by atoms with van der Waals surface area (Å²) in [5, 5.41) is 3.82. The molecule has 116 valence electrons. The molecule has 0 spiro atoms. The molecule has 2 saturated carbocycles. The van der Waals surface area contributed by atoms with Gasteiger partial charge in [0.1, 0.15) is 0 Å². The lowest BCUT2D eigenvalue weighted by Gasteiger charge is -2.42. The summed E-state index contributed by atoms with van der Waals surface area (Å²) < 4.78 is 5.53. The molecule has 1 heterocycles. The van der Waals surface area contributed by atoms with Crippen molar-refractivity contribution in [1.29, 1.82) is 0 Å². The molecule has 1 atom stereocenters. The molecule has 3 fully saturated rings. The van der Waals surface area contributed by atoms with Crippen LogP contribution >= 0.6 is 0 Å². The maximum absolute atomic E-state index is 5.53. The van der Waals surface area contributed by atoms with Crippen LogP contribution < -0.4 is 5.32 Å². The van der Waals surface area contributed by atoms with Crippen LogP contribution in [0.15, 0.2) is 0 Å². The first-order chi connectivity index (χ1) is 9.69. The second-order valence-electron chi connectivity index (χ2n) is 7.72. The highest BCUT2D eigenvalue weighted by Gasteiger charge is 2.38. The van der Waals surface area contributed by atoms with E-state index in [0.29, 0.717) is 11.5 Å². The quantitative estimate of drug-likeness (QED) is 0.809. The number of hydrogen-bond donors (Lipinski definition) is 1. The van der Waals surface area contributed by atoms with E-state index < -0.39 is 0 Å². The van der Waals surface area contributed by atoms with E-state index in [1.807, 2.05) is 7.11 Å². The first kappa shape index (κ1) is 14.8. The SMILES string of the molecule is COC1CCN(CC2(CNC3CC3)CCC(C)CC2)C1. The fourth-order valence-electron chi connectivity index (χ4n) is 4.02. The minimum atomic E-state index is 0.478. The van der Waals surface area contributed by atoms with E-state index in [0.717, 1.165) is 18.5 Å². The van der Waals surface area contributed by atoms with Crippen LogP contribution in [-0.4, -0.2) is 50.3 Å². The predicted octanol–water partition coefficient (Wildman–Crippen LogP) is 2.66. The van der Waals surface area contributed by atoms with Crippen LogP contribution in [0.4, 0.5) is 0 Å². The van der Waals surface area contributed by atoms with Crippen LogP contribution in [0.3, 0.4) is 0 Å². The molecule has 20 heavy (non-hydrogen) atoms. The summed E-state index contributed by atoms with van der Waals surface area (Å²) in [7, 11) is 1.86. The molecule has 3 rings (SSSR count). The fourth-order valence-corrected chi connectivity index (χ4v) is 4.02. The lowest BCUT2D eigenvalue weighted by molar-refractivity contribution is 0.0753. The summed E-state index contributed by atoms with van der Waals surface area (Å²) in [5.41, 5.74) is 0.539. The second-order valence-corrected chi connectivity index (χ2v) is 7.72. The smallest absolute Gasteiger partial charge is 0.0710 e. The van der Waals surface area contributed by atoms with E-state index in [2.05, 4.69) is 17.1 Å². The van der Waals surface area contributed by atoms with E-state index in [9.17, 15) is 0 Å². The van der Waals surface area contributed by atoms with E-state index in [-0.39, 0.29) is 0 Å². The Morgan fingerprint density at radius 2 is 1.90 bits per heavy atom. The van der Waals surface area contributed by atoms with E-state index >= 15 is 0 Å². The van der Waals surface area contributed by atoms with Gasteiger partial charge in [0.2, 0.25) is 0 Å². The molecule has 1 N–H and O–H groups in total. The third kappa shape index (κ3) is 3.75. The molecular formula is C17H32N2O. The Hall–Kier alpha value is -0.120. The van der Waals surface area contributed by atoms with Gasteiger partial charge in [-0.25, -0.2) is 0 Å². The van der Waals surface area contributed by atoms with Crippen molar-refractivity contribution in [2.75, 3.05) is 33.3 Å². The lowest BCUT2D eigenvalue weighted by atomic mass is 9.70. The zero-order chi connectivity index (χ0) is 14.0. The molecule has 2 aliphatic carbocycles. The zero-order valence-electron chi connectivity index (χ0n) is 13.4. The van der Waals surface area contributed by atoms with Crippen LogP contribution in [0.2, 0.25) is 0 Å². The standard InChI is InChI=1S/C17H32N2O/c1-14-5-8-17(9-6-14,12-18-15-3-4-15)13-19-10-7-16(11-19)20-2/h14-16,18H,3-13H2,1-2H3. The normalized spacial score (nSPS) is 39.3. The van der Waals surface area contributed by atoms with Gasteiger partial charge in [0.15, 0.2) is 0 Å². The van der Waals surface area contributed by atoms with Crippen molar-refractivity contribution in [3.8, 4) is 0 Å². The Labute approximate surface area is 124 Å². The number of methoxy groups -OCH3 is 1. The second kappa shape index (κ2) is 6.33. The summed E-state index contributed by atoms with van der Waals surface area (Å²) in [5.74, 6) is 0.939. The number of ether oxygens (including phenoxy) is 1. The van der Waals surface area contributed by atoms with E-state index in [1.165, 1.54) is 64.6 Å². The van der Waals surface area contributed by atoms with Gasteiger partial charge in [-0.1, -0.05) is 19.8 Å². The summed E-state index contributed by atoms with van der Waals surface area (Å²) in [6, 6.07) is 0.844. The topological polar surface area (TPSA) is 24.5 Å². The molecular weight excluding hydrogens is 248 g/mol. The molecule has 0 aromatic heterocycles. The molecule has 0 amide bonds. The third-order valence-corrected chi connectivity index (χ3v) is 5.80. The molecule has 3 aliphatic rings. The minimum absolute atomic E-state index is 0.478. The maximum atomic E-state index is 5.53. The van der Waals surface area contributed by atoms with Gasteiger partial charge in [-0.2, -0.15) is 0 Å². The summed E-state index contributed by atoms with van der Waals surface area (Å²) in [6.07, 6.45) is 10.2. The Morgan fingerprint density at radius 3 is 2.50 bits per heavy atom. The van der Waals surface area contributed by atoms with Crippen molar-refractivity contribution in [2.45, 2.75) is 64.0 Å². The maximum Gasteiger partial charge on any atom is 0.0710 e. The van der Waals surface area contributed by atoms with Crippen LogP contribution in [0, 0.1) is 11.3 Å². The highest BCUT2D eigenvalue weighted by atomic mass is 16.5. The first-order valence-corrected chi connectivity index (χ1v) is 8.68. The first-order valence-electron chi connectivity index (χ1n) is 8.68. The van der Waals surface area contributed by atoms with Crippen molar-refractivity contribution in [3.05, 3.63) is 0 Å². The molecule has 0 aromatic rings. The van der Waals surface area contributed by atoms with Crippen molar-refractivity contribution in [3.63, 3.8) is 0 Å². The van der Waals surface area contributed by atoms with Gasteiger partial charge < -0.3 is 15.0 Å². The van der Waals surface area contributed by atoms with Crippen molar-refractivity contribution >= 4 is 0 Å². The van der Waals surface area contributed by atoms with Gasteiger partial charge in [0.05, 0.1) is 6.10 Å². The largest absolute Gasteiger partial charge is 0.380 e. The molecule has 0 radical (unpaired) electrons. The van der Waals surface area contributed by atoms with Crippen LogP contribution in [0.5, 0.6) is 0 Å². The molecule has 3 heteroatoms. The Kier molecular flexibility index (Phi) is 4.68. The molecule has 3 nitrogen and oxygen atoms in total. The molecule has 1 saturated heterocycles. The van der Waals surface area contributed by atoms with Crippen molar-refractivity contribution in [1.82, 2.24) is 10.2 Å². The van der Waals surface area contributed by atoms with Crippen molar-refractivity contribution < 1.29 is 4.74 Å². The van der Waals surface area contributed by atoms with Crippen LogP contribution in [0.1, 0.15) is 51.9 Å². The molecule has 1 aliphatic heterocycles. The molecule has 0 bridgehead atoms. The number of hydrogen-bond acceptors (Lipinski definition) is 3. The highest BCUT2D eigenvalue weighted by Crippen LogP contribution is 2.40. The van der Waals surface area contributed by atoms with Gasteiger partial charge in [-0.3, -0.25) is 0 Å². The summed E-state index contributed by atoms with van der Waals surface area (Å²) in [4.78, 5) is 2.67. The summed E-state index contributed by atoms with van der Waals surface area (Å²) >= 11 is 0. The van der Waals surface area contributed by atoms with Gasteiger partial charge in [0, 0.05) is 39.3 Å². The monoisotopic (exact) mass is 280 g/mol. The highest BCUT2D eigenvalue weighted by molar-refractivity contribution is 4.93. The van der Waals surface area contributed by atoms with Crippen LogP contribution in [-0.2, 0) is 4.74 Å². The average Bonchev–Trinajstić information content (AvgIpc) is 3.19. The van der Waals surface area contributed by atoms with E-state index in [1.54, 1.807) is 0 Å². The van der Waals surface area contributed by atoms with Crippen molar-refractivity contribution in [2.24, 2.45) is 11.3 Å². The van der Waals surface area contributed by atoms with Gasteiger partial charge in [-0.05, 0) is 43.4 Å². The zero-order valence-corrected chi connectivity index (χ0v) is 13.4. The molecule has 0 aromatic carbocycles. The Morgan fingerprint density at radius 1 is 1.15 bits per heavy atom. The minimum Gasteiger partial charge on any atom is -0.380 e. The molecule has 1 unspecified atom stereocenters. The fraction of sp³-hybridized carbons (Fsp3) is 1.00. The Balaban J connectivity index is 1.56. The van der Waals surface area contributed by atoms with Crippen LogP contribution in [0.25, 0.3) is 0 Å². The van der Waals surface area contributed by atoms with Gasteiger partial charge >= 0.3 is 0 Å². The summed E-state index contributed by atoms with van der Waals surface area (Å²) in [6.45, 7) is 7.35. The average molecular weight is 280 g/mol. The predicted molar refractivity (Wildman–Crippen MR) is 82.9 cm³/mol. The number of likely N-dealkylation sites (tertiary alicyclic amines) is 1. The van der Waals surface area contributed by atoms with E-state index in [4.69, 9.17) is 4.74 Å². The number of nitrogens with one attached hydrogen (secondary N) is 1. The number of nitrogens with zero attached hydrogens (tertiary/aromatic N) is 1. The third-order valence-electron chi connectivity index (χ3n) is 5.80. The lowest BCUT2D eigenvalue weighted by Crippen LogP contribution is -2.46. The Bertz CT molecular complexity index is 308. The van der Waals surface area contributed by atoms with Gasteiger partial charge in [0.25, 0.3) is 0 Å².